The number of rotatable bonds is 11. The van der Waals surface area contributed by atoms with Crippen molar-refractivity contribution in [2.45, 2.75) is 32.9 Å². The predicted molar refractivity (Wildman–Crippen MR) is 123 cm³/mol. The van der Waals surface area contributed by atoms with Crippen molar-refractivity contribution in [3.8, 4) is 5.88 Å². The van der Waals surface area contributed by atoms with Crippen LogP contribution in [0, 0.1) is 0 Å². The lowest BCUT2D eigenvalue weighted by molar-refractivity contribution is 0.135. The number of carbonyl (C=O) groups excluding carboxylic acids is 1. The van der Waals surface area contributed by atoms with Gasteiger partial charge in [0, 0.05) is 51.5 Å². The van der Waals surface area contributed by atoms with Gasteiger partial charge in [-0.2, -0.15) is 0 Å². The van der Waals surface area contributed by atoms with E-state index in [1.807, 2.05) is 42.5 Å². The third-order valence-corrected chi connectivity index (χ3v) is 5.58. The number of aromatic nitrogens is 1. The van der Waals surface area contributed by atoms with Gasteiger partial charge in [-0.3, -0.25) is 0 Å². The fourth-order valence-corrected chi connectivity index (χ4v) is 3.61. The van der Waals surface area contributed by atoms with E-state index >= 15 is 0 Å². The van der Waals surface area contributed by atoms with Crippen LogP contribution in [0.3, 0.4) is 0 Å². The Labute approximate surface area is 185 Å². The second-order valence-corrected chi connectivity index (χ2v) is 7.87. The number of amides is 2. The molecule has 0 unspecified atom stereocenters. The van der Waals surface area contributed by atoms with Crippen LogP contribution >= 0.6 is 0 Å². The zero-order chi connectivity index (χ0) is 21.7. The quantitative estimate of drug-likeness (QED) is 0.542. The lowest BCUT2D eigenvalue weighted by Crippen LogP contribution is -2.46. The summed E-state index contributed by atoms with van der Waals surface area (Å²) in [6.07, 6.45) is 3.81. The van der Waals surface area contributed by atoms with E-state index < -0.39 is 0 Å². The molecule has 31 heavy (non-hydrogen) atoms. The van der Waals surface area contributed by atoms with Crippen LogP contribution in [-0.4, -0.2) is 66.6 Å². The first-order chi connectivity index (χ1) is 15.2. The fraction of sp³-hybridized carbons (Fsp3) is 0.500. The molecule has 2 N–H and O–H groups in total. The number of urea groups is 1. The van der Waals surface area contributed by atoms with E-state index in [0.717, 1.165) is 50.1 Å². The highest BCUT2D eigenvalue weighted by Crippen LogP contribution is 2.11. The summed E-state index contributed by atoms with van der Waals surface area (Å²) in [4.78, 5) is 21.3. The lowest BCUT2D eigenvalue weighted by atomic mass is 10.2. The van der Waals surface area contributed by atoms with Crippen LogP contribution in [0.15, 0.2) is 48.7 Å². The van der Waals surface area contributed by atoms with Gasteiger partial charge in [-0.1, -0.05) is 37.3 Å². The standard InChI is InChI=1S/C24H35N5O2/c1-2-28-14-16-29(17-15-28)13-7-6-11-26-24(30)27-19-22-10-12-25-23(18-22)31-20-21-8-4-3-5-9-21/h3-5,8-10,12,18H,2,6-7,11,13-17,19-20H2,1H3,(H2,26,27,30). The first kappa shape index (κ1) is 23.0. The Morgan fingerprint density at radius 3 is 2.55 bits per heavy atom. The van der Waals surface area contributed by atoms with E-state index in [1.54, 1.807) is 6.20 Å². The molecule has 7 heteroatoms. The number of piperazine rings is 1. The second-order valence-electron chi connectivity index (χ2n) is 7.87. The number of nitrogens with one attached hydrogen (secondary N) is 2. The van der Waals surface area contributed by atoms with Gasteiger partial charge in [-0.05, 0) is 43.1 Å². The largest absolute Gasteiger partial charge is 0.473 e. The number of unbranched alkanes of at least 4 members (excludes halogenated alkanes) is 1. The Bertz CT molecular complexity index is 779. The Balaban J connectivity index is 1.26. The average molecular weight is 426 g/mol. The summed E-state index contributed by atoms with van der Waals surface area (Å²) in [7, 11) is 0. The van der Waals surface area contributed by atoms with Crippen LogP contribution in [0.25, 0.3) is 0 Å². The minimum Gasteiger partial charge on any atom is -0.473 e. The van der Waals surface area contributed by atoms with Crippen molar-refractivity contribution in [2.24, 2.45) is 0 Å². The molecule has 1 saturated heterocycles. The monoisotopic (exact) mass is 425 g/mol. The molecule has 1 aliphatic heterocycles. The van der Waals surface area contributed by atoms with E-state index in [2.05, 4.69) is 32.3 Å². The molecule has 3 rings (SSSR count). The maximum absolute atomic E-state index is 12.1. The van der Waals surface area contributed by atoms with Crippen LogP contribution in [0.5, 0.6) is 5.88 Å². The number of nitrogens with zero attached hydrogens (tertiary/aromatic N) is 3. The zero-order valence-electron chi connectivity index (χ0n) is 18.6. The fourth-order valence-electron chi connectivity index (χ4n) is 3.61. The van der Waals surface area contributed by atoms with E-state index in [9.17, 15) is 4.79 Å². The summed E-state index contributed by atoms with van der Waals surface area (Å²) >= 11 is 0. The van der Waals surface area contributed by atoms with E-state index in [1.165, 1.54) is 13.1 Å². The predicted octanol–water partition coefficient (Wildman–Crippen LogP) is 2.88. The summed E-state index contributed by atoms with van der Waals surface area (Å²) < 4.78 is 5.75. The number of hydrogen-bond donors (Lipinski definition) is 2. The molecular formula is C24H35N5O2. The number of ether oxygens (including phenoxy) is 1. The molecule has 1 fully saturated rings. The van der Waals surface area contributed by atoms with Crippen LogP contribution in [0.1, 0.15) is 30.9 Å². The summed E-state index contributed by atoms with van der Waals surface area (Å²) in [5, 5.41) is 5.85. The lowest BCUT2D eigenvalue weighted by Gasteiger charge is -2.33. The van der Waals surface area contributed by atoms with Gasteiger partial charge in [0.05, 0.1) is 0 Å². The molecular weight excluding hydrogens is 390 g/mol. The van der Waals surface area contributed by atoms with Crippen molar-refractivity contribution in [2.75, 3.05) is 45.8 Å². The van der Waals surface area contributed by atoms with Crippen LogP contribution in [0.2, 0.25) is 0 Å². The van der Waals surface area contributed by atoms with E-state index in [4.69, 9.17) is 4.74 Å². The Hall–Kier alpha value is -2.64. The number of likely N-dealkylation sites (N-methyl/N-ethyl adjacent to an activating group) is 1. The molecule has 168 valence electrons. The number of pyridine rings is 1. The molecule has 2 heterocycles. The van der Waals surface area contributed by atoms with Crippen LogP contribution in [0.4, 0.5) is 4.79 Å². The van der Waals surface area contributed by atoms with Crippen LogP contribution in [-0.2, 0) is 13.2 Å². The molecule has 1 aromatic heterocycles. The van der Waals surface area contributed by atoms with Gasteiger partial charge in [-0.25, -0.2) is 9.78 Å². The third-order valence-electron chi connectivity index (χ3n) is 5.58. The topological polar surface area (TPSA) is 69.7 Å². The number of carbonyl (C=O) groups is 1. The summed E-state index contributed by atoms with van der Waals surface area (Å²) in [6.45, 7) is 10.8. The SMILES string of the molecule is CCN1CCN(CCCCNC(=O)NCc2ccnc(OCc3ccccc3)c2)CC1. The molecule has 0 saturated carbocycles. The van der Waals surface area contributed by atoms with Gasteiger partial charge in [0.1, 0.15) is 6.61 Å². The summed E-state index contributed by atoms with van der Waals surface area (Å²) in [5.41, 5.74) is 2.05. The first-order valence-electron chi connectivity index (χ1n) is 11.3. The highest BCUT2D eigenvalue weighted by atomic mass is 16.5. The molecule has 0 spiro atoms. The molecule has 2 amide bonds. The zero-order valence-corrected chi connectivity index (χ0v) is 18.6. The van der Waals surface area contributed by atoms with Crippen LogP contribution < -0.4 is 15.4 Å². The van der Waals surface area contributed by atoms with Gasteiger partial charge in [0.15, 0.2) is 0 Å². The molecule has 0 aliphatic carbocycles. The molecule has 0 radical (unpaired) electrons. The van der Waals surface area contributed by atoms with Crippen molar-refractivity contribution in [3.63, 3.8) is 0 Å². The van der Waals surface area contributed by atoms with Crippen molar-refractivity contribution in [1.82, 2.24) is 25.4 Å². The smallest absolute Gasteiger partial charge is 0.315 e. The van der Waals surface area contributed by atoms with Gasteiger partial charge in [0.25, 0.3) is 0 Å². The Kier molecular flexibility index (Phi) is 9.60. The maximum Gasteiger partial charge on any atom is 0.315 e. The van der Waals surface area contributed by atoms with Gasteiger partial charge >= 0.3 is 6.03 Å². The Morgan fingerprint density at radius 2 is 1.77 bits per heavy atom. The second kappa shape index (κ2) is 12.9. The normalized spacial score (nSPS) is 14.9. The average Bonchev–Trinajstić information content (AvgIpc) is 2.82. The van der Waals surface area contributed by atoms with Crippen molar-refractivity contribution < 1.29 is 9.53 Å². The molecule has 1 aromatic carbocycles. The van der Waals surface area contributed by atoms with E-state index in [0.29, 0.717) is 25.6 Å². The summed E-state index contributed by atoms with van der Waals surface area (Å²) in [6, 6.07) is 13.6. The minimum atomic E-state index is -0.139. The molecule has 0 bridgehead atoms. The highest BCUT2D eigenvalue weighted by Gasteiger charge is 2.14. The van der Waals surface area contributed by atoms with Gasteiger partial charge < -0.3 is 25.2 Å². The molecule has 7 nitrogen and oxygen atoms in total. The molecule has 0 atom stereocenters. The summed E-state index contributed by atoms with van der Waals surface area (Å²) in [5.74, 6) is 0.559. The highest BCUT2D eigenvalue weighted by molar-refractivity contribution is 5.73. The number of hydrogen-bond acceptors (Lipinski definition) is 5. The van der Waals surface area contributed by atoms with Crippen molar-refractivity contribution >= 4 is 6.03 Å². The Morgan fingerprint density at radius 1 is 1.00 bits per heavy atom. The number of benzene rings is 1. The minimum absolute atomic E-state index is 0.139. The van der Waals surface area contributed by atoms with Crippen molar-refractivity contribution in [3.05, 3.63) is 59.8 Å². The van der Waals surface area contributed by atoms with E-state index in [-0.39, 0.29) is 6.03 Å². The van der Waals surface area contributed by atoms with Crippen molar-refractivity contribution in [1.29, 1.82) is 0 Å². The van der Waals surface area contributed by atoms with Gasteiger partial charge in [-0.15, -0.1) is 0 Å². The first-order valence-corrected chi connectivity index (χ1v) is 11.3. The molecule has 2 aromatic rings. The maximum atomic E-state index is 12.1. The molecule has 1 aliphatic rings. The van der Waals surface area contributed by atoms with Gasteiger partial charge in [0.2, 0.25) is 5.88 Å². The third kappa shape index (κ3) is 8.55.